The quantitative estimate of drug-likeness (QED) is 0.0715. The molecular formula is C30H54NO6+. The largest absolute Gasteiger partial charge is 0.477 e. The Morgan fingerprint density at radius 3 is 1.97 bits per heavy atom. The number of carbonyl (C=O) groups is 2. The van der Waals surface area contributed by atoms with Gasteiger partial charge in [0.25, 0.3) is 0 Å². The van der Waals surface area contributed by atoms with Gasteiger partial charge in [0.2, 0.25) is 0 Å². The average Bonchev–Trinajstić information content (AvgIpc) is 2.83. The summed E-state index contributed by atoms with van der Waals surface area (Å²) in [5.41, 5.74) is 0. The fourth-order valence-electron chi connectivity index (χ4n) is 3.81. The number of ether oxygens (including phenoxy) is 2. The number of hydrogen-bond acceptors (Lipinski definition) is 5. The lowest BCUT2D eigenvalue weighted by molar-refractivity contribution is -0.887. The summed E-state index contributed by atoms with van der Waals surface area (Å²) in [4.78, 5) is 23.2. The number of nitrogens with zero attached hydrogens (tertiary/aromatic N) is 1. The van der Waals surface area contributed by atoms with Gasteiger partial charge in [0.1, 0.15) is 12.7 Å². The van der Waals surface area contributed by atoms with Crippen LogP contribution >= 0.6 is 0 Å². The zero-order chi connectivity index (χ0) is 27.8. The molecule has 0 fully saturated rings. The molecule has 2 N–H and O–H groups in total. The first-order valence-electron chi connectivity index (χ1n) is 14.1. The lowest BCUT2D eigenvalue weighted by Gasteiger charge is -2.31. The second kappa shape index (κ2) is 23.2. The lowest BCUT2D eigenvalue weighted by atomic mass is 10.1. The summed E-state index contributed by atoms with van der Waals surface area (Å²) in [5, 5.41) is 19.2. The van der Waals surface area contributed by atoms with Gasteiger partial charge in [0, 0.05) is 12.8 Å². The predicted molar refractivity (Wildman–Crippen MR) is 150 cm³/mol. The minimum atomic E-state index is -0.907. The summed E-state index contributed by atoms with van der Waals surface area (Å²) in [6.45, 7) is 2.29. The number of allylic oxidation sites excluding steroid dienone is 6. The second-order valence-electron chi connectivity index (χ2n) is 10.5. The zero-order valence-corrected chi connectivity index (χ0v) is 23.9. The van der Waals surface area contributed by atoms with E-state index >= 15 is 0 Å². The number of carboxylic acid groups (broad SMARTS) is 1. The van der Waals surface area contributed by atoms with Crippen LogP contribution in [-0.4, -0.2) is 79.7 Å². The molecule has 0 aliphatic heterocycles. The first-order valence-corrected chi connectivity index (χ1v) is 14.1. The lowest BCUT2D eigenvalue weighted by Crippen LogP contribution is -2.50. The first kappa shape index (κ1) is 35.0. The van der Waals surface area contributed by atoms with E-state index in [0.717, 1.165) is 44.9 Å². The number of likely N-dealkylation sites (N-methyl/N-ethyl adjacent to an activating group) is 1. The summed E-state index contributed by atoms with van der Waals surface area (Å²) in [6.07, 6.45) is 25.3. The molecule has 0 rings (SSSR count). The van der Waals surface area contributed by atoms with Crippen molar-refractivity contribution in [2.45, 2.75) is 103 Å². The van der Waals surface area contributed by atoms with E-state index in [2.05, 4.69) is 43.4 Å². The van der Waals surface area contributed by atoms with Crippen LogP contribution in [0.25, 0.3) is 0 Å². The second-order valence-corrected chi connectivity index (χ2v) is 10.5. The summed E-state index contributed by atoms with van der Waals surface area (Å²) >= 11 is 0. The molecule has 0 radical (unpaired) electrons. The van der Waals surface area contributed by atoms with Crippen LogP contribution in [0.1, 0.15) is 90.4 Å². The topological polar surface area (TPSA) is 93.1 Å². The van der Waals surface area contributed by atoms with Crippen LogP contribution in [0, 0.1) is 0 Å². The van der Waals surface area contributed by atoms with E-state index in [1.165, 1.54) is 25.7 Å². The maximum atomic E-state index is 11.9. The van der Waals surface area contributed by atoms with Crippen molar-refractivity contribution in [3.05, 3.63) is 36.5 Å². The third-order valence-corrected chi connectivity index (χ3v) is 6.03. The van der Waals surface area contributed by atoms with E-state index in [1.807, 2.05) is 21.1 Å². The minimum absolute atomic E-state index is 0.0144. The number of carbonyl (C=O) groups excluding carboxylic acids is 1. The third-order valence-electron chi connectivity index (χ3n) is 6.03. The summed E-state index contributed by atoms with van der Waals surface area (Å²) in [5.74, 6) is -1.17. The fraction of sp³-hybridized carbons (Fsp3) is 0.733. The highest BCUT2D eigenvalue weighted by Gasteiger charge is 2.30. The van der Waals surface area contributed by atoms with Crippen LogP contribution < -0.4 is 0 Å². The molecule has 37 heavy (non-hydrogen) atoms. The summed E-state index contributed by atoms with van der Waals surface area (Å²) in [7, 11) is 5.46. The Labute approximate surface area is 225 Å². The van der Waals surface area contributed by atoms with Gasteiger partial charge in [0.05, 0.1) is 34.4 Å². The van der Waals surface area contributed by atoms with Gasteiger partial charge < -0.3 is 24.2 Å². The number of hydrogen-bond donors (Lipinski definition) is 2. The molecule has 2 unspecified atom stereocenters. The van der Waals surface area contributed by atoms with Crippen LogP contribution in [0.2, 0.25) is 0 Å². The van der Waals surface area contributed by atoms with Crippen LogP contribution in [0.15, 0.2) is 36.5 Å². The SMILES string of the molecule is CC/C=C\C/C=C\C/C=C\CCCCCCCCCC(=O)OCC(O)COCCC(C(=O)O)[N+](C)(C)C. The van der Waals surface area contributed by atoms with E-state index in [9.17, 15) is 19.8 Å². The molecule has 0 aromatic rings. The van der Waals surface area contributed by atoms with Crippen LogP contribution in [0.3, 0.4) is 0 Å². The fourth-order valence-corrected chi connectivity index (χ4v) is 3.81. The summed E-state index contributed by atoms with van der Waals surface area (Å²) in [6, 6.07) is -0.576. The molecule has 7 heteroatoms. The normalized spacial score (nSPS) is 14.1. The van der Waals surface area contributed by atoms with Crippen LogP contribution in [0.5, 0.6) is 0 Å². The molecule has 0 saturated heterocycles. The van der Waals surface area contributed by atoms with Crippen molar-refractivity contribution in [1.82, 2.24) is 0 Å². The highest BCUT2D eigenvalue weighted by atomic mass is 16.5. The Morgan fingerprint density at radius 2 is 1.38 bits per heavy atom. The van der Waals surface area contributed by atoms with Gasteiger partial charge in [-0.15, -0.1) is 0 Å². The number of aliphatic hydroxyl groups is 1. The van der Waals surface area contributed by atoms with E-state index in [1.54, 1.807) is 0 Å². The monoisotopic (exact) mass is 524 g/mol. The average molecular weight is 525 g/mol. The molecule has 214 valence electrons. The van der Waals surface area contributed by atoms with Gasteiger partial charge in [-0.2, -0.15) is 0 Å². The Balaban J connectivity index is 3.58. The zero-order valence-electron chi connectivity index (χ0n) is 23.9. The first-order chi connectivity index (χ1) is 17.7. The van der Waals surface area contributed by atoms with Crippen LogP contribution in [0.4, 0.5) is 0 Å². The van der Waals surface area contributed by atoms with Crippen molar-refractivity contribution in [2.24, 2.45) is 0 Å². The number of unbranched alkanes of at least 4 members (excludes halogenated alkanes) is 7. The van der Waals surface area contributed by atoms with Crippen molar-refractivity contribution in [1.29, 1.82) is 0 Å². The minimum Gasteiger partial charge on any atom is -0.477 e. The Morgan fingerprint density at radius 1 is 0.811 bits per heavy atom. The van der Waals surface area contributed by atoms with Crippen molar-refractivity contribution in [2.75, 3.05) is 41.0 Å². The van der Waals surface area contributed by atoms with Gasteiger partial charge in [-0.05, 0) is 38.5 Å². The van der Waals surface area contributed by atoms with Crippen molar-refractivity contribution in [3.8, 4) is 0 Å². The molecule has 0 aromatic carbocycles. The molecule has 7 nitrogen and oxygen atoms in total. The number of rotatable bonds is 24. The van der Waals surface area contributed by atoms with E-state index in [4.69, 9.17) is 9.47 Å². The smallest absolute Gasteiger partial charge is 0.362 e. The van der Waals surface area contributed by atoms with Gasteiger partial charge in [-0.3, -0.25) is 4.79 Å². The van der Waals surface area contributed by atoms with Gasteiger partial charge in [-0.25, -0.2) is 4.79 Å². The maximum Gasteiger partial charge on any atom is 0.362 e. The number of aliphatic hydroxyl groups excluding tert-OH is 1. The number of aliphatic carboxylic acids is 1. The van der Waals surface area contributed by atoms with E-state index < -0.39 is 18.1 Å². The number of quaternary nitrogens is 1. The van der Waals surface area contributed by atoms with Crippen LogP contribution in [-0.2, 0) is 19.1 Å². The van der Waals surface area contributed by atoms with Crippen molar-refractivity contribution >= 4 is 11.9 Å². The highest BCUT2D eigenvalue weighted by molar-refractivity contribution is 5.72. The molecule has 0 aromatic heterocycles. The molecule has 0 amide bonds. The highest BCUT2D eigenvalue weighted by Crippen LogP contribution is 2.11. The Bertz CT molecular complexity index is 665. The van der Waals surface area contributed by atoms with Crippen molar-refractivity contribution in [3.63, 3.8) is 0 Å². The molecule has 0 bridgehead atoms. The molecule has 0 heterocycles. The van der Waals surface area contributed by atoms with Gasteiger partial charge >= 0.3 is 11.9 Å². The predicted octanol–water partition coefficient (Wildman–Crippen LogP) is 5.83. The van der Waals surface area contributed by atoms with E-state index in [0.29, 0.717) is 17.3 Å². The van der Waals surface area contributed by atoms with Gasteiger partial charge in [-0.1, -0.05) is 75.5 Å². The molecule has 0 spiro atoms. The van der Waals surface area contributed by atoms with E-state index in [-0.39, 0.29) is 25.8 Å². The standard InChI is InChI=1S/C30H53NO6/c1-5-6-7-8-9-10-11-12-13-14-15-16-17-18-19-20-21-22-29(33)37-26-27(32)25-36-24-23-28(30(34)35)31(2,3)4/h6-7,9-10,12-13,27-28,32H,5,8,11,14-26H2,1-4H3/p+1/b7-6-,10-9-,13-12-. The summed E-state index contributed by atoms with van der Waals surface area (Å²) < 4.78 is 10.8. The Hall–Kier alpha value is -1.96. The molecule has 0 aliphatic rings. The number of esters is 1. The third kappa shape index (κ3) is 22.9. The van der Waals surface area contributed by atoms with Gasteiger partial charge in [0.15, 0.2) is 6.04 Å². The van der Waals surface area contributed by atoms with Crippen molar-refractivity contribution < 1.29 is 33.8 Å². The number of carboxylic acids is 1. The maximum absolute atomic E-state index is 11.9. The molecule has 0 aliphatic carbocycles. The molecule has 0 saturated carbocycles. The molecule has 2 atom stereocenters. The Kier molecular flexibility index (Phi) is 22.0. The molecular weight excluding hydrogens is 470 g/mol.